The molecule has 19 heavy (non-hydrogen) atoms. The lowest BCUT2D eigenvalue weighted by Gasteiger charge is -2.01. The van der Waals surface area contributed by atoms with Crippen molar-refractivity contribution in [3.05, 3.63) is 53.3 Å². The van der Waals surface area contributed by atoms with Crippen LogP contribution in [0.25, 0.3) is 0 Å². The molecule has 0 spiro atoms. The third-order valence-corrected chi connectivity index (χ3v) is 3.31. The number of aryl methyl sites for hydroxylation is 1. The first-order valence-electron chi connectivity index (χ1n) is 5.88. The van der Waals surface area contributed by atoms with Crippen LogP contribution >= 0.6 is 11.8 Å². The maximum atomic E-state index is 8.68. The Balaban J connectivity index is 2.01. The van der Waals surface area contributed by atoms with Crippen LogP contribution in [0.5, 0.6) is 0 Å². The normalized spacial score (nSPS) is 9.79. The maximum absolute atomic E-state index is 8.68. The van der Waals surface area contributed by atoms with Crippen LogP contribution in [0, 0.1) is 18.8 Å². The van der Waals surface area contributed by atoms with E-state index in [4.69, 9.17) is 5.11 Å². The first kappa shape index (κ1) is 13.6. The maximum Gasteiger partial charge on any atom is 0.187 e. The van der Waals surface area contributed by atoms with Crippen molar-refractivity contribution < 1.29 is 5.11 Å². The molecule has 0 amide bonds. The van der Waals surface area contributed by atoms with Gasteiger partial charge in [-0.15, -0.1) is 0 Å². The predicted octanol–water partition coefficient (Wildman–Crippen LogP) is 2.42. The molecule has 1 N–H and O–H groups in total. The zero-order valence-corrected chi connectivity index (χ0v) is 11.4. The molecule has 0 atom stereocenters. The molecule has 0 aliphatic heterocycles. The van der Waals surface area contributed by atoms with Gasteiger partial charge < -0.3 is 5.11 Å². The molecule has 0 aliphatic rings. The van der Waals surface area contributed by atoms with E-state index in [1.807, 2.05) is 43.6 Å². The Labute approximate surface area is 117 Å². The molecule has 0 bridgehead atoms. The third-order valence-electron chi connectivity index (χ3n) is 2.36. The number of benzene rings is 1. The Morgan fingerprint density at radius 3 is 2.79 bits per heavy atom. The predicted molar refractivity (Wildman–Crippen MR) is 76.7 cm³/mol. The van der Waals surface area contributed by atoms with E-state index in [9.17, 15) is 0 Å². The number of hydrogen-bond acceptors (Lipinski definition) is 4. The molecule has 2 rings (SSSR count). The summed E-state index contributed by atoms with van der Waals surface area (Å²) in [4.78, 5) is 8.51. The van der Waals surface area contributed by atoms with Crippen LogP contribution in [0.1, 0.15) is 16.7 Å². The van der Waals surface area contributed by atoms with Crippen molar-refractivity contribution in [1.29, 1.82) is 0 Å². The fourth-order valence-electron chi connectivity index (χ4n) is 1.48. The summed E-state index contributed by atoms with van der Waals surface area (Å²) in [5.74, 6) is 6.35. The molecule has 0 radical (unpaired) electrons. The second-order valence-electron chi connectivity index (χ2n) is 3.99. The molecule has 3 nitrogen and oxygen atoms in total. The van der Waals surface area contributed by atoms with Gasteiger partial charge in [0.1, 0.15) is 6.61 Å². The molecular formula is C15H14N2OS. The molecule has 0 aliphatic carbocycles. The van der Waals surface area contributed by atoms with Gasteiger partial charge in [-0.3, -0.25) is 0 Å². The summed E-state index contributed by atoms with van der Waals surface area (Å²) < 4.78 is 0. The second-order valence-corrected chi connectivity index (χ2v) is 4.93. The minimum absolute atomic E-state index is 0.115. The van der Waals surface area contributed by atoms with E-state index in [-0.39, 0.29) is 6.61 Å². The number of aliphatic hydroxyl groups excluding tert-OH is 1. The van der Waals surface area contributed by atoms with Crippen molar-refractivity contribution in [2.24, 2.45) is 0 Å². The highest BCUT2D eigenvalue weighted by Crippen LogP contribution is 2.19. The van der Waals surface area contributed by atoms with E-state index in [2.05, 4.69) is 21.8 Å². The van der Waals surface area contributed by atoms with Gasteiger partial charge in [-0.05, 0) is 30.2 Å². The molecule has 0 unspecified atom stereocenters. The van der Waals surface area contributed by atoms with Gasteiger partial charge >= 0.3 is 0 Å². The molecule has 1 aromatic heterocycles. The van der Waals surface area contributed by atoms with E-state index in [1.165, 1.54) is 5.56 Å². The summed E-state index contributed by atoms with van der Waals surface area (Å²) in [6.07, 6.45) is 3.64. The van der Waals surface area contributed by atoms with Crippen LogP contribution < -0.4 is 0 Å². The van der Waals surface area contributed by atoms with E-state index in [1.54, 1.807) is 11.8 Å². The fourth-order valence-corrected chi connectivity index (χ4v) is 2.21. The molecule has 1 heterocycles. The molecule has 2 aromatic rings. The third kappa shape index (κ3) is 4.40. The first-order valence-corrected chi connectivity index (χ1v) is 6.86. The zero-order chi connectivity index (χ0) is 13.5. The summed E-state index contributed by atoms with van der Waals surface area (Å²) >= 11 is 1.59. The monoisotopic (exact) mass is 270 g/mol. The van der Waals surface area contributed by atoms with Crippen molar-refractivity contribution in [3.8, 4) is 11.8 Å². The molecule has 0 fully saturated rings. The summed E-state index contributed by atoms with van der Waals surface area (Å²) in [5, 5.41) is 9.45. The van der Waals surface area contributed by atoms with Gasteiger partial charge in [0.15, 0.2) is 5.16 Å². The molecular weight excluding hydrogens is 256 g/mol. The number of hydrogen-bond donors (Lipinski definition) is 1. The standard InChI is InChI=1S/C15H14N2OS/c1-12-9-16-15(17-10-12)19-11-14-5-2-4-13(8-14)6-3-7-18/h2,4-5,8-10,18H,7,11H2,1H3. The minimum Gasteiger partial charge on any atom is -0.384 e. The van der Waals surface area contributed by atoms with Gasteiger partial charge in [-0.1, -0.05) is 35.7 Å². The smallest absolute Gasteiger partial charge is 0.187 e. The van der Waals surface area contributed by atoms with Gasteiger partial charge in [0.2, 0.25) is 0 Å². The van der Waals surface area contributed by atoms with Gasteiger partial charge in [0.25, 0.3) is 0 Å². The Morgan fingerprint density at radius 1 is 1.26 bits per heavy atom. The van der Waals surface area contributed by atoms with E-state index in [0.29, 0.717) is 0 Å². The summed E-state index contributed by atoms with van der Waals surface area (Å²) in [7, 11) is 0. The number of thioether (sulfide) groups is 1. The lowest BCUT2D eigenvalue weighted by molar-refractivity contribution is 0.350. The van der Waals surface area contributed by atoms with Crippen molar-refractivity contribution in [1.82, 2.24) is 9.97 Å². The van der Waals surface area contributed by atoms with Crippen molar-refractivity contribution >= 4 is 11.8 Å². The average Bonchev–Trinajstić information content (AvgIpc) is 2.45. The molecule has 96 valence electrons. The Kier molecular flexibility index (Phi) is 4.96. The Morgan fingerprint density at radius 2 is 2.05 bits per heavy atom. The van der Waals surface area contributed by atoms with Gasteiger partial charge in [0, 0.05) is 23.7 Å². The highest BCUT2D eigenvalue weighted by Gasteiger charge is 1.99. The molecule has 0 saturated carbocycles. The SMILES string of the molecule is Cc1cnc(SCc2cccc(C#CCO)c2)nc1. The fraction of sp³-hybridized carbons (Fsp3) is 0.200. The van der Waals surface area contributed by atoms with Crippen LogP contribution in [0.15, 0.2) is 41.8 Å². The Hall–Kier alpha value is -1.83. The molecule has 1 aromatic carbocycles. The summed E-state index contributed by atoms with van der Waals surface area (Å²) in [6, 6.07) is 7.96. The largest absolute Gasteiger partial charge is 0.384 e. The zero-order valence-electron chi connectivity index (χ0n) is 10.6. The molecule has 4 heteroatoms. The van der Waals surface area contributed by atoms with E-state index < -0.39 is 0 Å². The van der Waals surface area contributed by atoms with Crippen LogP contribution in [-0.2, 0) is 5.75 Å². The second kappa shape index (κ2) is 6.93. The first-order chi connectivity index (χ1) is 9.28. The van der Waals surface area contributed by atoms with Gasteiger partial charge in [-0.25, -0.2) is 9.97 Å². The average molecular weight is 270 g/mol. The summed E-state index contributed by atoms with van der Waals surface area (Å²) in [6.45, 7) is 1.86. The highest BCUT2D eigenvalue weighted by atomic mass is 32.2. The topological polar surface area (TPSA) is 46.0 Å². The van der Waals surface area contributed by atoms with Crippen LogP contribution in [0.3, 0.4) is 0 Å². The lowest BCUT2D eigenvalue weighted by Crippen LogP contribution is -1.88. The Bertz CT molecular complexity index is 600. The van der Waals surface area contributed by atoms with Gasteiger partial charge in [0.05, 0.1) is 0 Å². The van der Waals surface area contributed by atoms with Crippen molar-refractivity contribution in [2.75, 3.05) is 6.61 Å². The van der Waals surface area contributed by atoms with Crippen LogP contribution in [-0.4, -0.2) is 21.7 Å². The van der Waals surface area contributed by atoms with Crippen LogP contribution in [0.2, 0.25) is 0 Å². The highest BCUT2D eigenvalue weighted by molar-refractivity contribution is 7.98. The van der Waals surface area contributed by atoms with Crippen molar-refractivity contribution in [3.63, 3.8) is 0 Å². The van der Waals surface area contributed by atoms with Crippen LogP contribution in [0.4, 0.5) is 0 Å². The minimum atomic E-state index is -0.115. The quantitative estimate of drug-likeness (QED) is 0.528. The lowest BCUT2D eigenvalue weighted by atomic mass is 10.1. The van der Waals surface area contributed by atoms with Crippen molar-refractivity contribution in [2.45, 2.75) is 17.8 Å². The number of rotatable bonds is 3. The van der Waals surface area contributed by atoms with E-state index >= 15 is 0 Å². The molecule has 0 saturated heterocycles. The number of nitrogens with zero attached hydrogens (tertiary/aromatic N) is 2. The van der Waals surface area contributed by atoms with E-state index in [0.717, 1.165) is 22.0 Å². The number of aromatic nitrogens is 2. The summed E-state index contributed by atoms with van der Waals surface area (Å²) in [5.41, 5.74) is 3.14. The number of aliphatic hydroxyl groups is 1. The van der Waals surface area contributed by atoms with Gasteiger partial charge in [-0.2, -0.15) is 0 Å².